The highest BCUT2D eigenvalue weighted by Gasteiger charge is 2.07. The lowest BCUT2D eigenvalue weighted by Gasteiger charge is -2.16. The van der Waals surface area contributed by atoms with Gasteiger partial charge in [0.1, 0.15) is 12.4 Å². The molecule has 5 heteroatoms. The Morgan fingerprint density at radius 2 is 1.88 bits per heavy atom. The summed E-state index contributed by atoms with van der Waals surface area (Å²) in [5.74, 6) is 0.748. The van der Waals surface area contributed by atoms with Gasteiger partial charge in [-0.3, -0.25) is 9.69 Å². The minimum absolute atomic E-state index is 0.0785. The molecule has 0 fully saturated rings. The van der Waals surface area contributed by atoms with Crippen LogP contribution >= 0.6 is 0 Å². The fourth-order valence-electron chi connectivity index (χ4n) is 2.16. The Hall–Kier alpha value is -2.84. The summed E-state index contributed by atoms with van der Waals surface area (Å²) in [6.45, 7) is 1.47. The first-order valence-corrected chi connectivity index (χ1v) is 7.79. The van der Waals surface area contributed by atoms with Gasteiger partial charge in [-0.15, -0.1) is 0 Å². The lowest BCUT2D eigenvalue weighted by molar-refractivity contribution is -0.117. The van der Waals surface area contributed by atoms with E-state index in [0.29, 0.717) is 19.6 Å². The molecule has 0 aliphatic heterocycles. The molecule has 1 N–H and O–H groups in total. The molecule has 0 saturated carbocycles. The van der Waals surface area contributed by atoms with Crippen LogP contribution in [-0.4, -0.2) is 37.6 Å². The number of amides is 1. The van der Waals surface area contributed by atoms with Gasteiger partial charge in [0.25, 0.3) is 0 Å². The Morgan fingerprint density at radius 1 is 1.17 bits per heavy atom. The molecule has 0 aromatic heterocycles. The van der Waals surface area contributed by atoms with E-state index in [4.69, 9.17) is 10.00 Å². The van der Waals surface area contributed by atoms with Crippen LogP contribution in [0.25, 0.3) is 0 Å². The largest absolute Gasteiger partial charge is 0.492 e. The molecule has 0 aliphatic rings. The number of benzene rings is 2. The summed E-state index contributed by atoms with van der Waals surface area (Å²) < 4.78 is 5.61. The molecule has 124 valence electrons. The molecule has 0 saturated heterocycles. The highest BCUT2D eigenvalue weighted by atomic mass is 16.5. The molecule has 24 heavy (non-hydrogen) atoms. The van der Waals surface area contributed by atoms with Crippen LogP contribution < -0.4 is 10.1 Å². The number of anilines is 1. The number of rotatable bonds is 8. The summed E-state index contributed by atoms with van der Waals surface area (Å²) in [6.07, 6.45) is 0.373. The van der Waals surface area contributed by atoms with E-state index in [-0.39, 0.29) is 12.5 Å². The predicted octanol–water partition coefficient (Wildman–Crippen LogP) is 2.70. The standard InChI is InChI=1S/C19H21N3O2/c1-22(13-14-24-18-5-3-2-4-6-18)15-19(23)21-17-9-7-16(8-10-17)11-12-20/h2-10H,11,13-15H2,1H3,(H,21,23). The monoisotopic (exact) mass is 323 g/mol. The van der Waals surface area contributed by atoms with E-state index in [9.17, 15) is 4.79 Å². The van der Waals surface area contributed by atoms with Crippen molar-refractivity contribution in [1.29, 1.82) is 5.26 Å². The quantitative estimate of drug-likeness (QED) is 0.811. The summed E-state index contributed by atoms with van der Waals surface area (Å²) in [6, 6.07) is 19.0. The lowest BCUT2D eigenvalue weighted by Crippen LogP contribution is -2.33. The second kappa shape index (κ2) is 9.33. The second-order valence-corrected chi connectivity index (χ2v) is 5.48. The van der Waals surface area contributed by atoms with E-state index >= 15 is 0 Å². The zero-order valence-electron chi connectivity index (χ0n) is 13.7. The van der Waals surface area contributed by atoms with E-state index in [1.165, 1.54) is 0 Å². The maximum Gasteiger partial charge on any atom is 0.238 e. The molecular formula is C19H21N3O2. The van der Waals surface area contributed by atoms with Crippen LogP contribution in [0.2, 0.25) is 0 Å². The summed E-state index contributed by atoms with van der Waals surface area (Å²) >= 11 is 0. The van der Waals surface area contributed by atoms with E-state index < -0.39 is 0 Å². The van der Waals surface area contributed by atoms with Crippen molar-refractivity contribution in [1.82, 2.24) is 4.90 Å². The third-order valence-electron chi connectivity index (χ3n) is 3.42. The van der Waals surface area contributed by atoms with Gasteiger partial charge in [-0.1, -0.05) is 30.3 Å². The SMILES string of the molecule is CN(CCOc1ccccc1)CC(=O)Nc1ccc(CC#N)cc1. The van der Waals surface area contributed by atoms with E-state index in [0.717, 1.165) is 17.0 Å². The molecule has 2 aromatic rings. The molecule has 0 heterocycles. The first kappa shape index (κ1) is 17.5. The van der Waals surface area contributed by atoms with Crippen molar-refractivity contribution < 1.29 is 9.53 Å². The van der Waals surface area contributed by atoms with Gasteiger partial charge in [-0.25, -0.2) is 0 Å². The molecule has 0 unspecified atom stereocenters. The second-order valence-electron chi connectivity index (χ2n) is 5.48. The molecule has 0 atom stereocenters. The summed E-state index contributed by atoms with van der Waals surface area (Å²) in [5, 5.41) is 11.5. The lowest BCUT2D eigenvalue weighted by atomic mass is 10.1. The summed E-state index contributed by atoms with van der Waals surface area (Å²) in [7, 11) is 1.88. The average molecular weight is 323 g/mol. The number of hydrogen-bond acceptors (Lipinski definition) is 4. The number of carbonyl (C=O) groups excluding carboxylic acids is 1. The first-order chi connectivity index (χ1) is 11.7. The van der Waals surface area contributed by atoms with E-state index in [1.807, 2.05) is 66.5 Å². The highest BCUT2D eigenvalue weighted by molar-refractivity contribution is 5.92. The van der Waals surface area contributed by atoms with Crippen LogP contribution in [-0.2, 0) is 11.2 Å². The first-order valence-electron chi connectivity index (χ1n) is 7.79. The number of nitrogens with zero attached hydrogens (tertiary/aromatic N) is 2. The Balaban J connectivity index is 1.70. The number of ether oxygens (including phenoxy) is 1. The van der Waals surface area contributed by atoms with Crippen LogP contribution in [0.1, 0.15) is 5.56 Å². The van der Waals surface area contributed by atoms with Crippen molar-refractivity contribution in [3.63, 3.8) is 0 Å². The third-order valence-corrected chi connectivity index (χ3v) is 3.42. The van der Waals surface area contributed by atoms with Crippen molar-refractivity contribution >= 4 is 11.6 Å². The van der Waals surface area contributed by atoms with Gasteiger partial charge in [0, 0.05) is 12.2 Å². The maximum atomic E-state index is 12.0. The summed E-state index contributed by atoms with van der Waals surface area (Å²) in [5.41, 5.74) is 1.67. The zero-order valence-corrected chi connectivity index (χ0v) is 13.7. The number of nitriles is 1. The Bertz CT molecular complexity index is 678. The van der Waals surface area contributed by atoms with Crippen molar-refractivity contribution in [2.75, 3.05) is 32.1 Å². The molecule has 0 radical (unpaired) electrons. The molecule has 2 aromatic carbocycles. The van der Waals surface area contributed by atoms with Crippen LogP contribution in [0.5, 0.6) is 5.75 Å². The summed E-state index contributed by atoms with van der Waals surface area (Å²) in [4.78, 5) is 13.9. The molecule has 1 amide bonds. The van der Waals surface area contributed by atoms with Gasteiger partial charge in [-0.2, -0.15) is 5.26 Å². The topological polar surface area (TPSA) is 65.4 Å². The number of likely N-dealkylation sites (N-methyl/N-ethyl adjacent to an activating group) is 1. The zero-order chi connectivity index (χ0) is 17.2. The van der Waals surface area contributed by atoms with Crippen molar-refractivity contribution in [3.8, 4) is 11.8 Å². The van der Waals surface area contributed by atoms with Crippen LogP contribution in [0, 0.1) is 11.3 Å². The number of carbonyl (C=O) groups is 1. The van der Waals surface area contributed by atoms with Gasteiger partial charge in [0.15, 0.2) is 0 Å². The molecule has 0 bridgehead atoms. The van der Waals surface area contributed by atoms with E-state index in [1.54, 1.807) is 0 Å². The van der Waals surface area contributed by atoms with Crippen molar-refractivity contribution in [3.05, 3.63) is 60.2 Å². The Morgan fingerprint density at radius 3 is 2.54 bits per heavy atom. The molecular weight excluding hydrogens is 302 g/mol. The van der Waals surface area contributed by atoms with Gasteiger partial charge in [0.05, 0.1) is 19.0 Å². The molecule has 0 aliphatic carbocycles. The molecule has 0 spiro atoms. The van der Waals surface area contributed by atoms with Gasteiger partial charge in [-0.05, 0) is 36.9 Å². The Kier molecular flexibility index (Phi) is 6.81. The van der Waals surface area contributed by atoms with E-state index in [2.05, 4.69) is 11.4 Å². The highest BCUT2D eigenvalue weighted by Crippen LogP contribution is 2.10. The smallest absolute Gasteiger partial charge is 0.238 e. The minimum Gasteiger partial charge on any atom is -0.492 e. The van der Waals surface area contributed by atoms with Crippen molar-refractivity contribution in [2.45, 2.75) is 6.42 Å². The third kappa shape index (κ3) is 6.11. The fraction of sp³-hybridized carbons (Fsp3) is 0.263. The minimum atomic E-state index is -0.0785. The van der Waals surface area contributed by atoms with Crippen molar-refractivity contribution in [2.24, 2.45) is 0 Å². The number of hydrogen-bond donors (Lipinski definition) is 1. The van der Waals surface area contributed by atoms with Gasteiger partial charge < -0.3 is 10.1 Å². The average Bonchev–Trinajstić information content (AvgIpc) is 2.58. The fourth-order valence-corrected chi connectivity index (χ4v) is 2.16. The number of nitrogens with one attached hydrogen (secondary N) is 1. The van der Waals surface area contributed by atoms with Gasteiger partial charge in [0.2, 0.25) is 5.91 Å². The maximum absolute atomic E-state index is 12.0. The van der Waals surface area contributed by atoms with Crippen LogP contribution in [0.3, 0.4) is 0 Å². The van der Waals surface area contributed by atoms with Gasteiger partial charge >= 0.3 is 0 Å². The predicted molar refractivity (Wildman–Crippen MR) is 93.8 cm³/mol. The molecule has 5 nitrogen and oxygen atoms in total. The van der Waals surface area contributed by atoms with Crippen LogP contribution in [0.15, 0.2) is 54.6 Å². The normalized spacial score (nSPS) is 10.2. The van der Waals surface area contributed by atoms with Crippen LogP contribution in [0.4, 0.5) is 5.69 Å². The molecule has 2 rings (SSSR count). The Labute approximate surface area is 142 Å². The number of para-hydroxylation sites is 1.